The number of benzene rings is 1. The second-order valence-electron chi connectivity index (χ2n) is 6.79. The number of nitrogens with one attached hydrogen (secondary N) is 1. The molecule has 3 rings (SSSR count). The highest BCUT2D eigenvalue weighted by Crippen LogP contribution is 2.37. The zero-order chi connectivity index (χ0) is 14.8. The fraction of sp³-hybridized carbons (Fsp3) is 0.667. The maximum absolute atomic E-state index is 5.22. The molecule has 3 atom stereocenters. The Morgan fingerprint density at radius 2 is 1.81 bits per heavy atom. The quantitative estimate of drug-likeness (QED) is 0.900. The summed E-state index contributed by atoms with van der Waals surface area (Å²) in [6, 6.07) is 10.5. The standard InChI is InChI=1S/C18H28N2O/c1-13(15-4-8-18(21-3)9-5-15)19-12-14-10-16-6-7-17(11-14)20(16)2/h4-5,8-9,13-14,16-17,19H,6-7,10-12H2,1-3H3. The zero-order valence-electron chi connectivity index (χ0n) is 13.5. The van der Waals surface area contributed by atoms with Crippen LogP contribution in [0.2, 0.25) is 0 Å². The van der Waals surface area contributed by atoms with Crippen LogP contribution in [0.15, 0.2) is 24.3 Å². The minimum absolute atomic E-state index is 0.410. The Morgan fingerprint density at radius 1 is 1.19 bits per heavy atom. The van der Waals surface area contributed by atoms with Crippen molar-refractivity contribution >= 4 is 0 Å². The molecule has 2 fully saturated rings. The average molecular weight is 288 g/mol. The lowest BCUT2D eigenvalue weighted by Gasteiger charge is -2.36. The van der Waals surface area contributed by atoms with E-state index in [1.165, 1.54) is 31.2 Å². The molecule has 0 aliphatic carbocycles. The van der Waals surface area contributed by atoms with Gasteiger partial charge in [-0.25, -0.2) is 0 Å². The van der Waals surface area contributed by atoms with E-state index < -0.39 is 0 Å². The number of fused-ring (bicyclic) bond motifs is 2. The third-order valence-electron chi connectivity index (χ3n) is 5.52. The van der Waals surface area contributed by atoms with Gasteiger partial charge in [-0.05, 0) is 69.8 Å². The maximum atomic E-state index is 5.22. The van der Waals surface area contributed by atoms with Crippen molar-refractivity contribution in [3.63, 3.8) is 0 Å². The van der Waals surface area contributed by atoms with Crippen molar-refractivity contribution in [2.45, 2.75) is 50.7 Å². The zero-order valence-corrected chi connectivity index (χ0v) is 13.5. The molecule has 1 aromatic carbocycles. The molecular weight excluding hydrogens is 260 g/mol. The molecule has 1 N–H and O–H groups in total. The van der Waals surface area contributed by atoms with Crippen LogP contribution in [0.25, 0.3) is 0 Å². The topological polar surface area (TPSA) is 24.5 Å². The maximum Gasteiger partial charge on any atom is 0.118 e. The summed E-state index contributed by atoms with van der Waals surface area (Å²) in [5, 5.41) is 3.73. The van der Waals surface area contributed by atoms with Crippen LogP contribution in [-0.4, -0.2) is 37.7 Å². The van der Waals surface area contributed by atoms with Crippen LogP contribution in [0.3, 0.4) is 0 Å². The van der Waals surface area contributed by atoms with Crippen molar-refractivity contribution < 1.29 is 4.74 Å². The van der Waals surface area contributed by atoms with E-state index in [0.29, 0.717) is 6.04 Å². The average Bonchev–Trinajstić information content (AvgIpc) is 2.75. The van der Waals surface area contributed by atoms with Gasteiger partial charge in [0.2, 0.25) is 0 Å². The normalized spacial score (nSPS) is 30.3. The largest absolute Gasteiger partial charge is 0.497 e. The summed E-state index contributed by atoms with van der Waals surface area (Å²) in [7, 11) is 4.02. The van der Waals surface area contributed by atoms with Crippen LogP contribution in [-0.2, 0) is 0 Å². The molecule has 2 aliphatic heterocycles. The predicted molar refractivity (Wildman–Crippen MR) is 86.7 cm³/mol. The van der Waals surface area contributed by atoms with E-state index in [2.05, 4.69) is 36.3 Å². The Kier molecular flexibility index (Phi) is 4.51. The van der Waals surface area contributed by atoms with E-state index in [1.807, 2.05) is 12.1 Å². The SMILES string of the molecule is COc1ccc(C(C)NCC2CC3CCC(C2)N3C)cc1. The van der Waals surface area contributed by atoms with Gasteiger partial charge in [0.25, 0.3) is 0 Å². The Hall–Kier alpha value is -1.06. The molecule has 3 unspecified atom stereocenters. The molecule has 21 heavy (non-hydrogen) atoms. The molecule has 0 aromatic heterocycles. The summed E-state index contributed by atoms with van der Waals surface area (Å²) in [4.78, 5) is 2.61. The van der Waals surface area contributed by atoms with E-state index in [0.717, 1.165) is 30.3 Å². The number of piperidine rings is 1. The summed E-state index contributed by atoms with van der Waals surface area (Å²) in [6.45, 7) is 3.40. The van der Waals surface area contributed by atoms with Crippen LogP contribution in [0.4, 0.5) is 0 Å². The van der Waals surface area contributed by atoms with Gasteiger partial charge in [-0.1, -0.05) is 12.1 Å². The molecule has 0 amide bonds. The van der Waals surface area contributed by atoms with E-state index in [4.69, 9.17) is 4.74 Å². The van der Waals surface area contributed by atoms with E-state index in [1.54, 1.807) is 7.11 Å². The molecule has 3 nitrogen and oxygen atoms in total. The molecule has 0 saturated carbocycles. The minimum Gasteiger partial charge on any atom is -0.497 e. The fourth-order valence-corrected chi connectivity index (χ4v) is 4.04. The lowest BCUT2D eigenvalue weighted by Crippen LogP contribution is -2.42. The Balaban J connectivity index is 1.50. The molecular formula is C18H28N2O. The van der Waals surface area contributed by atoms with Gasteiger partial charge in [0.1, 0.15) is 5.75 Å². The third kappa shape index (κ3) is 3.24. The van der Waals surface area contributed by atoms with Crippen molar-refractivity contribution in [1.82, 2.24) is 10.2 Å². The smallest absolute Gasteiger partial charge is 0.118 e. The highest BCUT2D eigenvalue weighted by Gasteiger charge is 2.38. The van der Waals surface area contributed by atoms with Crippen molar-refractivity contribution in [3.8, 4) is 5.75 Å². The second kappa shape index (κ2) is 6.37. The highest BCUT2D eigenvalue weighted by atomic mass is 16.5. The van der Waals surface area contributed by atoms with Crippen LogP contribution in [0, 0.1) is 5.92 Å². The number of rotatable bonds is 5. The summed E-state index contributed by atoms with van der Waals surface area (Å²) >= 11 is 0. The Labute approximate surface area is 128 Å². The second-order valence-corrected chi connectivity index (χ2v) is 6.79. The summed E-state index contributed by atoms with van der Waals surface area (Å²) in [5.41, 5.74) is 1.34. The fourth-order valence-electron chi connectivity index (χ4n) is 4.04. The lowest BCUT2D eigenvalue weighted by atomic mass is 9.90. The monoisotopic (exact) mass is 288 g/mol. The number of nitrogens with zero attached hydrogens (tertiary/aromatic N) is 1. The van der Waals surface area contributed by atoms with Gasteiger partial charge in [-0.2, -0.15) is 0 Å². The van der Waals surface area contributed by atoms with Gasteiger partial charge in [0.15, 0.2) is 0 Å². The first kappa shape index (κ1) is 14.9. The first-order valence-electron chi connectivity index (χ1n) is 8.26. The van der Waals surface area contributed by atoms with E-state index >= 15 is 0 Å². The molecule has 2 heterocycles. The number of hydrogen-bond donors (Lipinski definition) is 1. The molecule has 0 radical (unpaired) electrons. The number of methoxy groups -OCH3 is 1. The Morgan fingerprint density at radius 3 is 2.38 bits per heavy atom. The van der Waals surface area contributed by atoms with Gasteiger partial charge in [-0.3, -0.25) is 0 Å². The van der Waals surface area contributed by atoms with Gasteiger partial charge < -0.3 is 15.0 Å². The number of ether oxygens (including phenoxy) is 1. The highest BCUT2D eigenvalue weighted by molar-refractivity contribution is 5.28. The molecule has 1 aromatic rings. The molecule has 116 valence electrons. The van der Waals surface area contributed by atoms with Gasteiger partial charge in [0, 0.05) is 18.1 Å². The molecule has 3 heteroatoms. The summed E-state index contributed by atoms with van der Waals surface area (Å²) in [5.74, 6) is 1.78. The molecule has 0 spiro atoms. The molecule has 2 bridgehead atoms. The van der Waals surface area contributed by atoms with Crippen molar-refractivity contribution in [3.05, 3.63) is 29.8 Å². The van der Waals surface area contributed by atoms with Crippen LogP contribution in [0.5, 0.6) is 5.75 Å². The van der Waals surface area contributed by atoms with Crippen molar-refractivity contribution in [2.75, 3.05) is 20.7 Å². The first-order valence-corrected chi connectivity index (χ1v) is 8.26. The third-order valence-corrected chi connectivity index (χ3v) is 5.52. The molecule has 2 saturated heterocycles. The van der Waals surface area contributed by atoms with E-state index in [9.17, 15) is 0 Å². The predicted octanol–water partition coefficient (Wildman–Crippen LogP) is 3.22. The number of hydrogen-bond acceptors (Lipinski definition) is 3. The van der Waals surface area contributed by atoms with E-state index in [-0.39, 0.29) is 0 Å². The van der Waals surface area contributed by atoms with Crippen molar-refractivity contribution in [1.29, 1.82) is 0 Å². The Bertz CT molecular complexity index is 445. The van der Waals surface area contributed by atoms with Gasteiger partial charge in [-0.15, -0.1) is 0 Å². The first-order chi connectivity index (χ1) is 10.2. The van der Waals surface area contributed by atoms with Crippen LogP contribution >= 0.6 is 0 Å². The van der Waals surface area contributed by atoms with Gasteiger partial charge >= 0.3 is 0 Å². The van der Waals surface area contributed by atoms with Crippen LogP contribution < -0.4 is 10.1 Å². The van der Waals surface area contributed by atoms with Gasteiger partial charge in [0.05, 0.1) is 7.11 Å². The lowest BCUT2D eigenvalue weighted by molar-refractivity contribution is 0.131. The summed E-state index contributed by atoms with van der Waals surface area (Å²) in [6.07, 6.45) is 5.56. The minimum atomic E-state index is 0.410. The van der Waals surface area contributed by atoms with Crippen LogP contribution in [0.1, 0.15) is 44.2 Å². The van der Waals surface area contributed by atoms with Crippen molar-refractivity contribution in [2.24, 2.45) is 5.92 Å². The molecule has 2 aliphatic rings. The summed E-state index contributed by atoms with van der Waals surface area (Å²) < 4.78 is 5.22.